The second kappa shape index (κ2) is 7.55. The van der Waals surface area contributed by atoms with E-state index in [4.69, 9.17) is 11.6 Å². The van der Waals surface area contributed by atoms with E-state index in [1.54, 1.807) is 12.1 Å². The molecular weight excluding hydrogens is 346 g/mol. The van der Waals surface area contributed by atoms with E-state index in [-0.39, 0.29) is 11.7 Å². The minimum atomic E-state index is -0.145. The Kier molecular flexibility index (Phi) is 5.22. The van der Waals surface area contributed by atoms with Crippen molar-refractivity contribution < 1.29 is 4.79 Å². The van der Waals surface area contributed by atoms with Gasteiger partial charge in [0.1, 0.15) is 0 Å². The van der Waals surface area contributed by atoms with Gasteiger partial charge in [-0.2, -0.15) is 0 Å². The van der Waals surface area contributed by atoms with Crippen molar-refractivity contribution in [3.05, 3.63) is 59.6 Å². The molecule has 2 aromatic heterocycles. The Morgan fingerprint density at radius 1 is 1.21 bits per heavy atom. The van der Waals surface area contributed by atoms with Gasteiger partial charge in [-0.1, -0.05) is 42.4 Å². The molecule has 0 radical (unpaired) electrons. The molecule has 2 heterocycles. The lowest BCUT2D eigenvalue weighted by atomic mass is 10.3. The number of hydrogen-bond acceptors (Lipinski definition) is 4. The third kappa shape index (κ3) is 3.63. The fourth-order valence-electron chi connectivity index (χ4n) is 2.18. The summed E-state index contributed by atoms with van der Waals surface area (Å²) < 4.78 is 3.79. The topological polar surface area (TPSA) is 64.7 Å². The zero-order valence-electron chi connectivity index (χ0n) is 13.0. The normalized spacial score (nSPS) is 10.8. The first-order chi connectivity index (χ1) is 11.7. The number of nitrogens with one attached hydrogen (secondary N) is 1. The number of para-hydroxylation sites is 1. The van der Waals surface area contributed by atoms with Crippen molar-refractivity contribution in [2.75, 3.05) is 11.1 Å². The monoisotopic (exact) mass is 361 g/mol. The van der Waals surface area contributed by atoms with Crippen LogP contribution in [0.4, 0.5) is 5.69 Å². The molecule has 124 valence electrons. The number of aryl methyl sites for hydroxylation is 1. The Balaban J connectivity index is 1.70. The fraction of sp³-hybridized carbons (Fsp3) is 0.188. The van der Waals surface area contributed by atoms with Gasteiger partial charge in [0.05, 0.1) is 16.5 Å². The summed E-state index contributed by atoms with van der Waals surface area (Å²) in [5, 5.41) is 12.4. The molecule has 0 aliphatic heterocycles. The van der Waals surface area contributed by atoms with Crippen molar-refractivity contribution in [3.8, 4) is 0 Å². The van der Waals surface area contributed by atoms with Crippen LogP contribution in [-0.4, -0.2) is 31.2 Å². The number of anilines is 1. The lowest BCUT2D eigenvalue weighted by molar-refractivity contribution is -0.113. The maximum absolute atomic E-state index is 12.2. The summed E-state index contributed by atoms with van der Waals surface area (Å²) in [5.41, 5.74) is 0.603. The molecule has 0 aliphatic carbocycles. The lowest BCUT2D eigenvalue weighted by Crippen LogP contribution is -2.16. The van der Waals surface area contributed by atoms with Crippen LogP contribution in [-0.2, 0) is 11.2 Å². The number of amides is 1. The van der Waals surface area contributed by atoms with Crippen LogP contribution >= 0.6 is 23.4 Å². The zero-order chi connectivity index (χ0) is 16.9. The molecule has 3 aromatic rings. The first-order valence-electron chi connectivity index (χ1n) is 7.44. The van der Waals surface area contributed by atoms with Gasteiger partial charge in [-0.3, -0.25) is 9.47 Å². The first kappa shape index (κ1) is 16.6. The van der Waals surface area contributed by atoms with Gasteiger partial charge < -0.3 is 5.32 Å². The second-order valence-electron chi connectivity index (χ2n) is 4.94. The highest BCUT2D eigenvalue weighted by Gasteiger charge is 2.14. The Morgan fingerprint density at radius 3 is 2.67 bits per heavy atom. The molecule has 0 saturated heterocycles. The van der Waals surface area contributed by atoms with Crippen LogP contribution in [0.2, 0.25) is 5.02 Å². The second-order valence-corrected chi connectivity index (χ2v) is 6.29. The van der Waals surface area contributed by atoms with Crippen LogP contribution in [0.25, 0.3) is 0 Å². The zero-order valence-corrected chi connectivity index (χ0v) is 14.6. The number of nitrogens with zero attached hydrogens (tertiary/aromatic N) is 4. The van der Waals surface area contributed by atoms with E-state index in [1.807, 2.05) is 52.9 Å². The van der Waals surface area contributed by atoms with Gasteiger partial charge in [-0.05, 0) is 24.3 Å². The van der Waals surface area contributed by atoms with Crippen molar-refractivity contribution >= 4 is 35.0 Å². The van der Waals surface area contributed by atoms with E-state index >= 15 is 0 Å². The number of halogens is 1. The van der Waals surface area contributed by atoms with Crippen molar-refractivity contribution in [1.82, 2.24) is 19.5 Å². The molecule has 0 bridgehead atoms. The van der Waals surface area contributed by atoms with Crippen molar-refractivity contribution in [1.29, 1.82) is 0 Å². The first-order valence-corrected chi connectivity index (χ1v) is 8.80. The number of aromatic nitrogens is 4. The fourth-order valence-corrected chi connectivity index (χ4v) is 3.11. The Morgan fingerprint density at radius 2 is 1.96 bits per heavy atom. The van der Waals surface area contributed by atoms with Gasteiger partial charge >= 0.3 is 0 Å². The van der Waals surface area contributed by atoms with E-state index in [1.165, 1.54) is 11.8 Å². The Bertz CT molecular complexity index is 831. The molecule has 0 atom stereocenters. The molecular formula is C16H16ClN5OS. The summed E-state index contributed by atoms with van der Waals surface area (Å²) >= 11 is 7.38. The molecule has 24 heavy (non-hydrogen) atoms. The van der Waals surface area contributed by atoms with E-state index in [0.29, 0.717) is 15.9 Å². The number of benzene rings is 1. The summed E-state index contributed by atoms with van der Waals surface area (Å²) in [4.78, 5) is 12.2. The molecule has 3 rings (SSSR count). The number of thioether (sulfide) groups is 1. The summed E-state index contributed by atoms with van der Waals surface area (Å²) in [6.07, 6.45) is 4.57. The molecule has 6 nitrogen and oxygen atoms in total. The molecule has 8 heteroatoms. The summed E-state index contributed by atoms with van der Waals surface area (Å²) in [6, 6.07) is 11.0. The third-order valence-electron chi connectivity index (χ3n) is 3.29. The van der Waals surface area contributed by atoms with Gasteiger partial charge in [0.2, 0.25) is 11.1 Å². The van der Waals surface area contributed by atoms with Crippen molar-refractivity contribution in [2.45, 2.75) is 18.5 Å². The summed E-state index contributed by atoms with van der Waals surface area (Å²) in [5.74, 6) is 0.905. The number of hydrogen-bond donors (Lipinski definition) is 1. The van der Waals surface area contributed by atoms with Crippen LogP contribution in [0.1, 0.15) is 12.7 Å². The van der Waals surface area contributed by atoms with Gasteiger partial charge in [-0.15, -0.1) is 10.2 Å². The summed E-state index contributed by atoms with van der Waals surface area (Å²) in [6.45, 7) is 2.02. The predicted molar refractivity (Wildman–Crippen MR) is 95.4 cm³/mol. The highest BCUT2D eigenvalue weighted by molar-refractivity contribution is 7.99. The van der Waals surface area contributed by atoms with E-state index in [2.05, 4.69) is 15.5 Å². The average molecular weight is 362 g/mol. The maximum atomic E-state index is 12.2. The number of rotatable bonds is 6. The highest BCUT2D eigenvalue weighted by Crippen LogP contribution is 2.22. The smallest absolute Gasteiger partial charge is 0.234 e. The predicted octanol–water partition coefficient (Wildman–Crippen LogP) is 3.34. The standard InChI is InChI=1S/C16H16ClN5OS/c1-2-14-19-20-16(22(14)21-9-5-6-10-21)24-11-15(23)18-13-8-4-3-7-12(13)17/h3-10H,2,11H2,1H3,(H,18,23). The molecule has 0 saturated carbocycles. The average Bonchev–Trinajstić information content (AvgIpc) is 3.23. The van der Waals surface area contributed by atoms with Crippen LogP contribution in [0, 0.1) is 0 Å². The van der Waals surface area contributed by atoms with Crippen LogP contribution in [0.3, 0.4) is 0 Å². The molecule has 1 amide bonds. The van der Waals surface area contributed by atoms with Crippen LogP contribution in [0.15, 0.2) is 53.9 Å². The van der Waals surface area contributed by atoms with E-state index < -0.39 is 0 Å². The SMILES string of the molecule is CCc1nnc(SCC(=O)Nc2ccccc2Cl)n1-n1cccc1. The minimum absolute atomic E-state index is 0.145. The quantitative estimate of drug-likeness (QED) is 0.684. The Labute approximate surface area is 148 Å². The molecule has 1 aromatic carbocycles. The van der Waals surface area contributed by atoms with Crippen LogP contribution in [0.5, 0.6) is 0 Å². The highest BCUT2D eigenvalue weighted by atomic mass is 35.5. The molecule has 0 aliphatic rings. The van der Waals surface area contributed by atoms with Gasteiger partial charge in [0.15, 0.2) is 5.82 Å². The minimum Gasteiger partial charge on any atom is -0.324 e. The van der Waals surface area contributed by atoms with E-state index in [9.17, 15) is 4.79 Å². The van der Waals surface area contributed by atoms with Crippen molar-refractivity contribution in [3.63, 3.8) is 0 Å². The largest absolute Gasteiger partial charge is 0.324 e. The molecule has 1 N–H and O–H groups in total. The Hall–Kier alpha value is -2.25. The number of carbonyl (C=O) groups is 1. The molecule has 0 unspecified atom stereocenters. The van der Waals surface area contributed by atoms with Crippen molar-refractivity contribution in [2.24, 2.45) is 0 Å². The molecule has 0 fully saturated rings. The van der Waals surface area contributed by atoms with Crippen LogP contribution < -0.4 is 5.32 Å². The van der Waals surface area contributed by atoms with Gasteiger partial charge in [0.25, 0.3) is 0 Å². The van der Waals surface area contributed by atoms with Gasteiger partial charge in [0, 0.05) is 18.8 Å². The number of carbonyl (C=O) groups excluding carboxylic acids is 1. The maximum Gasteiger partial charge on any atom is 0.234 e. The van der Waals surface area contributed by atoms with Gasteiger partial charge in [-0.25, -0.2) is 4.68 Å². The molecule has 0 spiro atoms. The third-order valence-corrected chi connectivity index (χ3v) is 4.54. The van der Waals surface area contributed by atoms with E-state index in [0.717, 1.165) is 12.2 Å². The lowest BCUT2D eigenvalue weighted by Gasteiger charge is -2.10. The summed E-state index contributed by atoms with van der Waals surface area (Å²) in [7, 11) is 0.